The first-order valence-corrected chi connectivity index (χ1v) is 14.8. The first-order valence-electron chi connectivity index (χ1n) is 14.8. The molecule has 43 heavy (non-hydrogen) atoms. The van der Waals surface area contributed by atoms with Crippen molar-refractivity contribution in [1.29, 1.82) is 0 Å². The lowest BCUT2D eigenvalue weighted by Crippen LogP contribution is -2.47. The third-order valence-corrected chi connectivity index (χ3v) is 7.72. The number of furan rings is 1. The SMILES string of the molecule is Cc1ccc(C(=O)Nc2cc(C(=O)NC3CCN(C(=O)OC(C)(C)C)C3)ccc2N2CCN(c3ccccc3C)CC2)o1. The number of ether oxygens (including phenoxy) is 1. The molecule has 1 unspecified atom stereocenters. The zero-order chi connectivity index (χ0) is 30.7. The lowest BCUT2D eigenvalue weighted by Gasteiger charge is -2.38. The number of likely N-dealkylation sites (tertiary alicyclic amines) is 1. The molecule has 0 saturated carbocycles. The minimum atomic E-state index is -0.581. The van der Waals surface area contributed by atoms with Gasteiger partial charge in [0.1, 0.15) is 11.4 Å². The van der Waals surface area contributed by atoms with Crippen LogP contribution in [0.1, 0.15) is 59.4 Å². The molecule has 3 heterocycles. The van der Waals surface area contributed by atoms with Crippen molar-refractivity contribution in [3.63, 3.8) is 0 Å². The molecule has 10 nitrogen and oxygen atoms in total. The fourth-order valence-electron chi connectivity index (χ4n) is 5.54. The number of benzene rings is 2. The van der Waals surface area contributed by atoms with Crippen LogP contribution in [-0.4, -0.2) is 73.7 Å². The van der Waals surface area contributed by atoms with E-state index < -0.39 is 5.60 Å². The monoisotopic (exact) mass is 587 g/mol. The molecule has 2 aliphatic rings. The van der Waals surface area contributed by atoms with Gasteiger partial charge in [-0.1, -0.05) is 18.2 Å². The number of piperazine rings is 1. The van der Waals surface area contributed by atoms with Crippen LogP contribution in [0.3, 0.4) is 0 Å². The topological polar surface area (TPSA) is 107 Å². The van der Waals surface area contributed by atoms with E-state index in [-0.39, 0.29) is 29.7 Å². The second kappa shape index (κ2) is 12.4. The molecule has 1 aromatic heterocycles. The summed E-state index contributed by atoms with van der Waals surface area (Å²) in [6.45, 7) is 13.5. The second-order valence-corrected chi connectivity index (χ2v) is 12.2. The summed E-state index contributed by atoms with van der Waals surface area (Å²) in [6.07, 6.45) is 0.254. The Morgan fingerprint density at radius 3 is 2.21 bits per heavy atom. The molecule has 0 radical (unpaired) electrons. The van der Waals surface area contributed by atoms with Crippen molar-refractivity contribution in [2.45, 2.75) is 52.7 Å². The first-order chi connectivity index (χ1) is 20.5. The zero-order valence-corrected chi connectivity index (χ0v) is 25.6. The van der Waals surface area contributed by atoms with Gasteiger partial charge in [-0.3, -0.25) is 9.59 Å². The molecule has 2 saturated heterocycles. The van der Waals surface area contributed by atoms with E-state index >= 15 is 0 Å². The summed E-state index contributed by atoms with van der Waals surface area (Å²) in [5.41, 5.74) is 3.69. The molecule has 3 aromatic rings. The van der Waals surface area contributed by atoms with Gasteiger partial charge in [0, 0.05) is 56.6 Å². The Kier molecular flexibility index (Phi) is 8.66. The standard InChI is InChI=1S/C33H41N5O5/c1-22-8-6-7-9-27(22)36-16-18-37(19-17-36)28-12-11-24(20-26(28)35-31(40)29-13-10-23(2)42-29)30(39)34-25-14-15-38(21-25)32(41)43-33(3,4)5/h6-13,20,25H,14-19,21H2,1-5H3,(H,34,39)(H,35,40). The number of nitrogens with zero attached hydrogens (tertiary/aromatic N) is 3. The van der Waals surface area contributed by atoms with E-state index in [4.69, 9.17) is 9.15 Å². The van der Waals surface area contributed by atoms with Crippen molar-refractivity contribution in [2.24, 2.45) is 0 Å². The number of anilines is 3. The molecule has 3 amide bonds. The molecule has 2 fully saturated rings. The quantitative estimate of drug-likeness (QED) is 0.408. The molecule has 2 N–H and O–H groups in total. The van der Waals surface area contributed by atoms with Gasteiger partial charge in [-0.05, 0) is 83.0 Å². The van der Waals surface area contributed by atoms with E-state index in [1.54, 1.807) is 36.1 Å². The largest absolute Gasteiger partial charge is 0.456 e. The highest BCUT2D eigenvalue weighted by Crippen LogP contribution is 2.31. The maximum Gasteiger partial charge on any atom is 0.410 e. The van der Waals surface area contributed by atoms with E-state index in [1.165, 1.54) is 11.3 Å². The Bertz CT molecular complexity index is 1480. The Labute approximate surface area is 253 Å². The number of aryl methyl sites for hydroxylation is 2. The number of nitrogens with one attached hydrogen (secondary N) is 2. The lowest BCUT2D eigenvalue weighted by molar-refractivity contribution is 0.0290. The van der Waals surface area contributed by atoms with Gasteiger partial charge in [0.25, 0.3) is 11.8 Å². The molecule has 1 atom stereocenters. The van der Waals surface area contributed by atoms with Crippen LogP contribution in [0.15, 0.2) is 59.0 Å². The number of rotatable bonds is 6. The second-order valence-electron chi connectivity index (χ2n) is 12.2. The molecule has 2 aromatic carbocycles. The highest BCUT2D eigenvalue weighted by molar-refractivity contribution is 6.05. The fourth-order valence-corrected chi connectivity index (χ4v) is 5.54. The summed E-state index contributed by atoms with van der Waals surface area (Å²) in [5.74, 6) is 0.198. The summed E-state index contributed by atoms with van der Waals surface area (Å²) in [4.78, 5) is 45.1. The number of carbonyl (C=O) groups is 3. The molecular weight excluding hydrogens is 546 g/mol. The van der Waals surface area contributed by atoms with E-state index in [0.29, 0.717) is 36.5 Å². The van der Waals surface area contributed by atoms with Crippen molar-refractivity contribution in [3.05, 3.63) is 77.2 Å². The number of hydrogen-bond donors (Lipinski definition) is 2. The normalized spacial score (nSPS) is 17.1. The molecule has 5 rings (SSSR count). The number of amides is 3. The van der Waals surface area contributed by atoms with E-state index in [1.807, 2.05) is 32.9 Å². The van der Waals surface area contributed by atoms with Crippen LogP contribution in [0, 0.1) is 13.8 Å². The fraction of sp³-hybridized carbons (Fsp3) is 0.424. The van der Waals surface area contributed by atoms with Crippen molar-refractivity contribution in [2.75, 3.05) is 54.4 Å². The molecule has 0 bridgehead atoms. The third-order valence-electron chi connectivity index (χ3n) is 7.72. The third kappa shape index (κ3) is 7.31. The van der Waals surface area contributed by atoms with Crippen molar-refractivity contribution < 1.29 is 23.5 Å². The van der Waals surface area contributed by atoms with Crippen LogP contribution in [0.25, 0.3) is 0 Å². The van der Waals surface area contributed by atoms with Gasteiger partial charge in [-0.15, -0.1) is 0 Å². The van der Waals surface area contributed by atoms with Gasteiger partial charge >= 0.3 is 6.09 Å². The summed E-state index contributed by atoms with van der Waals surface area (Å²) < 4.78 is 11.0. The van der Waals surface area contributed by atoms with Crippen LogP contribution in [-0.2, 0) is 4.74 Å². The predicted octanol–water partition coefficient (Wildman–Crippen LogP) is 5.21. The molecule has 0 aliphatic carbocycles. The van der Waals surface area contributed by atoms with Crippen molar-refractivity contribution in [3.8, 4) is 0 Å². The minimum Gasteiger partial charge on any atom is -0.456 e. The highest BCUT2D eigenvalue weighted by atomic mass is 16.6. The van der Waals surface area contributed by atoms with E-state index in [9.17, 15) is 14.4 Å². The summed E-state index contributed by atoms with van der Waals surface area (Å²) in [5, 5.41) is 6.03. The minimum absolute atomic E-state index is 0.196. The molecule has 228 valence electrons. The first kappa shape index (κ1) is 30.0. The van der Waals surface area contributed by atoms with E-state index in [0.717, 1.165) is 31.9 Å². The highest BCUT2D eigenvalue weighted by Gasteiger charge is 2.31. The Morgan fingerprint density at radius 2 is 1.56 bits per heavy atom. The van der Waals surface area contributed by atoms with Crippen LogP contribution < -0.4 is 20.4 Å². The van der Waals surface area contributed by atoms with Crippen LogP contribution in [0.5, 0.6) is 0 Å². The Hall–Kier alpha value is -4.47. The summed E-state index contributed by atoms with van der Waals surface area (Å²) >= 11 is 0. The molecule has 0 spiro atoms. The van der Waals surface area contributed by atoms with Crippen LogP contribution in [0.4, 0.5) is 21.9 Å². The van der Waals surface area contributed by atoms with Gasteiger partial charge in [0.15, 0.2) is 5.76 Å². The predicted molar refractivity (Wildman–Crippen MR) is 167 cm³/mol. The van der Waals surface area contributed by atoms with Gasteiger partial charge < -0.3 is 34.5 Å². The van der Waals surface area contributed by atoms with Gasteiger partial charge in [0.2, 0.25) is 0 Å². The maximum absolute atomic E-state index is 13.3. The van der Waals surface area contributed by atoms with Gasteiger partial charge in [0.05, 0.1) is 11.4 Å². The van der Waals surface area contributed by atoms with Crippen molar-refractivity contribution in [1.82, 2.24) is 10.2 Å². The van der Waals surface area contributed by atoms with Gasteiger partial charge in [-0.2, -0.15) is 0 Å². The van der Waals surface area contributed by atoms with E-state index in [2.05, 4.69) is 45.6 Å². The lowest BCUT2D eigenvalue weighted by atomic mass is 10.1. The smallest absolute Gasteiger partial charge is 0.410 e. The Morgan fingerprint density at radius 1 is 0.860 bits per heavy atom. The molecular formula is C33H41N5O5. The average molecular weight is 588 g/mol. The summed E-state index contributed by atoms with van der Waals surface area (Å²) in [6, 6.07) is 16.9. The average Bonchev–Trinajstić information content (AvgIpc) is 3.62. The number of hydrogen-bond acceptors (Lipinski definition) is 7. The number of carbonyl (C=O) groups excluding carboxylic acids is 3. The van der Waals surface area contributed by atoms with Crippen LogP contribution in [0.2, 0.25) is 0 Å². The zero-order valence-electron chi connectivity index (χ0n) is 25.6. The summed E-state index contributed by atoms with van der Waals surface area (Å²) in [7, 11) is 0. The van der Waals surface area contributed by atoms with Gasteiger partial charge in [-0.25, -0.2) is 4.79 Å². The Balaban J connectivity index is 1.31. The molecule has 2 aliphatic heterocycles. The van der Waals surface area contributed by atoms with Crippen LogP contribution >= 0.6 is 0 Å². The maximum atomic E-state index is 13.3. The molecule has 10 heteroatoms. The van der Waals surface area contributed by atoms with Crippen molar-refractivity contribution >= 4 is 35.0 Å². The number of para-hydroxylation sites is 1.